The monoisotopic (exact) mass is 354 g/mol. The highest BCUT2D eigenvalue weighted by atomic mass is 16.6. The van der Waals surface area contributed by atoms with Crippen LogP contribution in [0.3, 0.4) is 0 Å². The molecule has 0 atom stereocenters. The van der Waals surface area contributed by atoms with E-state index in [-0.39, 0.29) is 0 Å². The van der Waals surface area contributed by atoms with Crippen LogP contribution in [0.2, 0.25) is 0 Å². The van der Waals surface area contributed by atoms with Gasteiger partial charge in [-0.2, -0.15) is 5.10 Å². The van der Waals surface area contributed by atoms with E-state index < -0.39 is 0 Å². The molecule has 1 aromatic heterocycles. The number of piperidine rings is 1. The van der Waals surface area contributed by atoms with Crippen molar-refractivity contribution < 1.29 is 9.57 Å². The number of oxime groups is 1. The van der Waals surface area contributed by atoms with Crippen molar-refractivity contribution in [2.45, 2.75) is 25.7 Å². The van der Waals surface area contributed by atoms with Gasteiger partial charge < -0.3 is 14.5 Å². The molecular weight excluding hydrogens is 328 g/mol. The van der Waals surface area contributed by atoms with Gasteiger partial charge in [0.25, 0.3) is 0 Å². The highest BCUT2D eigenvalue weighted by Crippen LogP contribution is 2.24. The summed E-state index contributed by atoms with van der Waals surface area (Å²) in [5.41, 5.74) is 0.995. The molecule has 0 saturated carbocycles. The Hall–Kier alpha value is -2.63. The first kappa shape index (κ1) is 18.2. The molecule has 0 aliphatic carbocycles. The van der Waals surface area contributed by atoms with E-state index in [1.54, 1.807) is 12.4 Å². The molecule has 0 spiro atoms. The predicted octanol–water partition coefficient (Wildman–Crippen LogP) is 3.53. The van der Waals surface area contributed by atoms with Crippen LogP contribution < -0.4 is 9.64 Å². The Bertz CT molecular complexity index is 668. The van der Waals surface area contributed by atoms with Gasteiger partial charge in [0.15, 0.2) is 5.82 Å². The lowest BCUT2D eigenvalue weighted by Gasteiger charge is -2.32. The molecule has 26 heavy (non-hydrogen) atoms. The van der Waals surface area contributed by atoms with E-state index in [0.717, 1.165) is 49.2 Å². The zero-order chi connectivity index (χ0) is 18.0. The van der Waals surface area contributed by atoms with Gasteiger partial charge >= 0.3 is 0 Å². The number of benzene rings is 1. The fourth-order valence-electron chi connectivity index (χ4n) is 3.24. The van der Waals surface area contributed by atoms with E-state index in [1.807, 2.05) is 36.4 Å². The van der Waals surface area contributed by atoms with E-state index in [9.17, 15) is 0 Å². The molecule has 1 aliphatic heterocycles. The Morgan fingerprint density at radius 2 is 2.00 bits per heavy atom. The third-order valence-electron chi connectivity index (χ3n) is 4.71. The summed E-state index contributed by atoms with van der Waals surface area (Å²) in [7, 11) is 1.54. The molecule has 1 fully saturated rings. The summed E-state index contributed by atoms with van der Waals surface area (Å²) < 4.78 is 5.84. The second-order valence-corrected chi connectivity index (χ2v) is 6.49. The lowest BCUT2D eigenvalue weighted by molar-refractivity contribution is 0.215. The number of rotatable bonds is 8. The summed E-state index contributed by atoms with van der Waals surface area (Å²) in [4.78, 5) is 7.00. The Morgan fingerprint density at radius 3 is 2.69 bits per heavy atom. The molecule has 0 unspecified atom stereocenters. The van der Waals surface area contributed by atoms with Crippen molar-refractivity contribution in [3.05, 3.63) is 48.2 Å². The van der Waals surface area contributed by atoms with Crippen LogP contribution in [0.15, 0.2) is 47.8 Å². The van der Waals surface area contributed by atoms with Crippen LogP contribution in [0, 0.1) is 5.92 Å². The molecule has 2 aromatic rings. The second kappa shape index (κ2) is 9.75. The van der Waals surface area contributed by atoms with E-state index in [2.05, 4.69) is 25.1 Å². The summed E-state index contributed by atoms with van der Waals surface area (Å²) >= 11 is 0. The number of hydrogen-bond donors (Lipinski definition) is 0. The van der Waals surface area contributed by atoms with Crippen molar-refractivity contribution in [2.24, 2.45) is 11.1 Å². The van der Waals surface area contributed by atoms with Crippen molar-refractivity contribution in [3.63, 3.8) is 0 Å². The molecule has 1 saturated heterocycles. The van der Waals surface area contributed by atoms with Crippen molar-refractivity contribution in [2.75, 3.05) is 31.7 Å². The molecule has 2 heterocycles. The summed E-state index contributed by atoms with van der Waals surface area (Å²) in [5, 5.41) is 11.9. The third-order valence-corrected chi connectivity index (χ3v) is 4.71. The minimum Gasteiger partial charge on any atom is -0.494 e. The Kier molecular flexibility index (Phi) is 6.81. The average Bonchev–Trinajstić information content (AvgIpc) is 2.72. The summed E-state index contributed by atoms with van der Waals surface area (Å²) in [6.07, 6.45) is 8.12. The van der Waals surface area contributed by atoms with Crippen LogP contribution in [0.5, 0.6) is 5.75 Å². The van der Waals surface area contributed by atoms with Crippen molar-refractivity contribution >= 4 is 12.0 Å². The van der Waals surface area contributed by atoms with Crippen molar-refractivity contribution in [1.29, 1.82) is 0 Å². The van der Waals surface area contributed by atoms with E-state index in [0.29, 0.717) is 0 Å². The summed E-state index contributed by atoms with van der Waals surface area (Å²) in [5.74, 6) is 2.67. The average molecular weight is 354 g/mol. The highest BCUT2D eigenvalue weighted by molar-refractivity contribution is 5.79. The smallest absolute Gasteiger partial charge is 0.151 e. The maximum absolute atomic E-state index is 5.84. The topological polar surface area (TPSA) is 59.8 Å². The number of aromatic nitrogens is 2. The summed E-state index contributed by atoms with van der Waals surface area (Å²) in [6.45, 7) is 2.89. The Labute approximate surface area is 154 Å². The number of hydrogen-bond acceptors (Lipinski definition) is 6. The maximum Gasteiger partial charge on any atom is 0.151 e. The molecule has 0 amide bonds. The van der Waals surface area contributed by atoms with Gasteiger partial charge in [0.1, 0.15) is 12.9 Å². The molecule has 138 valence electrons. The van der Waals surface area contributed by atoms with Crippen LogP contribution in [0.1, 0.15) is 31.2 Å². The molecule has 0 bridgehead atoms. The zero-order valence-electron chi connectivity index (χ0n) is 15.3. The fraction of sp³-hybridized carbons (Fsp3) is 0.450. The van der Waals surface area contributed by atoms with Gasteiger partial charge in [-0.1, -0.05) is 5.16 Å². The Morgan fingerprint density at radius 1 is 1.19 bits per heavy atom. The minimum absolute atomic E-state index is 0.760. The normalized spacial score (nSPS) is 15.3. The Balaban J connectivity index is 1.33. The first-order chi connectivity index (χ1) is 12.8. The zero-order valence-corrected chi connectivity index (χ0v) is 15.3. The highest BCUT2D eigenvalue weighted by Gasteiger charge is 2.19. The lowest BCUT2D eigenvalue weighted by atomic mass is 9.92. The lowest BCUT2D eigenvalue weighted by Crippen LogP contribution is -2.34. The fourth-order valence-corrected chi connectivity index (χ4v) is 3.24. The van der Waals surface area contributed by atoms with Crippen molar-refractivity contribution in [3.8, 4) is 5.75 Å². The van der Waals surface area contributed by atoms with Crippen LogP contribution in [0.4, 0.5) is 5.82 Å². The molecule has 0 N–H and O–H groups in total. The molecule has 3 rings (SSSR count). The van der Waals surface area contributed by atoms with Crippen LogP contribution in [-0.2, 0) is 4.84 Å². The van der Waals surface area contributed by atoms with Crippen LogP contribution in [0.25, 0.3) is 0 Å². The van der Waals surface area contributed by atoms with E-state index in [1.165, 1.54) is 26.4 Å². The van der Waals surface area contributed by atoms with Crippen LogP contribution >= 0.6 is 0 Å². The van der Waals surface area contributed by atoms with Gasteiger partial charge in [-0.05, 0) is 73.6 Å². The number of ether oxygens (including phenoxy) is 1. The number of nitrogens with zero attached hydrogens (tertiary/aromatic N) is 4. The van der Waals surface area contributed by atoms with Gasteiger partial charge in [-0.25, -0.2) is 0 Å². The molecular formula is C20H26N4O2. The van der Waals surface area contributed by atoms with Crippen molar-refractivity contribution in [1.82, 2.24) is 10.2 Å². The maximum atomic E-state index is 5.84. The van der Waals surface area contributed by atoms with Gasteiger partial charge in [0, 0.05) is 19.3 Å². The first-order valence-corrected chi connectivity index (χ1v) is 9.17. The molecule has 1 aliphatic rings. The second-order valence-electron chi connectivity index (χ2n) is 6.49. The molecule has 0 radical (unpaired) electrons. The summed E-state index contributed by atoms with van der Waals surface area (Å²) in [6, 6.07) is 11.9. The molecule has 6 heteroatoms. The molecule has 1 aromatic carbocycles. The third kappa shape index (κ3) is 5.44. The van der Waals surface area contributed by atoms with E-state index in [4.69, 9.17) is 4.74 Å². The predicted molar refractivity (Wildman–Crippen MR) is 103 cm³/mol. The minimum atomic E-state index is 0.760. The number of anilines is 1. The standard InChI is InChI=1S/C20H26N4O2/c1-25-22-16-18-6-8-19(9-7-18)26-15-3-4-17-10-13-24(14-11-17)20-5-2-12-21-23-20/h2,5-9,12,16-17H,3-4,10-11,13-15H2,1H3. The quantitative estimate of drug-likeness (QED) is 0.412. The van der Waals surface area contributed by atoms with Gasteiger partial charge in [-0.3, -0.25) is 0 Å². The van der Waals surface area contributed by atoms with Gasteiger partial charge in [-0.15, -0.1) is 5.10 Å². The van der Waals surface area contributed by atoms with E-state index >= 15 is 0 Å². The molecule has 6 nitrogen and oxygen atoms in total. The SMILES string of the molecule is CON=Cc1ccc(OCCCC2CCN(c3cccnn3)CC2)cc1. The van der Waals surface area contributed by atoms with Gasteiger partial charge in [0.05, 0.1) is 12.8 Å². The largest absolute Gasteiger partial charge is 0.494 e. The first-order valence-electron chi connectivity index (χ1n) is 9.17. The van der Waals surface area contributed by atoms with Crippen LogP contribution in [-0.4, -0.2) is 43.2 Å². The van der Waals surface area contributed by atoms with Gasteiger partial charge in [0.2, 0.25) is 0 Å².